The van der Waals surface area contributed by atoms with Gasteiger partial charge < -0.3 is 24.8 Å². The smallest absolute Gasteiger partial charge is 0.253 e. The molecular formula is C19H23N5O4. The number of nitrogens with one attached hydrogen (secondary N) is 2. The molecule has 0 bridgehead atoms. The average Bonchev–Trinajstić information content (AvgIpc) is 2.68. The lowest BCUT2D eigenvalue weighted by Gasteiger charge is -2.35. The van der Waals surface area contributed by atoms with Crippen LogP contribution in [0, 0.1) is 0 Å². The Kier molecular flexibility index (Phi) is 5.62. The van der Waals surface area contributed by atoms with E-state index in [2.05, 4.69) is 15.3 Å². The van der Waals surface area contributed by atoms with Crippen molar-refractivity contribution in [3.63, 3.8) is 0 Å². The molecule has 1 aromatic carbocycles. The number of nitrogens with zero attached hydrogens (tertiary/aromatic N) is 3. The minimum absolute atomic E-state index is 0.0959. The number of aromatic nitrogens is 2. The Morgan fingerprint density at radius 3 is 2.86 bits per heavy atom. The molecule has 0 aliphatic carbocycles. The maximum atomic E-state index is 12.3. The van der Waals surface area contributed by atoms with Gasteiger partial charge in [-0.3, -0.25) is 14.4 Å². The van der Waals surface area contributed by atoms with E-state index >= 15 is 0 Å². The summed E-state index contributed by atoms with van der Waals surface area (Å²) in [6.07, 6.45) is 1.51. The zero-order chi connectivity index (χ0) is 20.3. The quantitative estimate of drug-likeness (QED) is 0.770. The Morgan fingerprint density at radius 2 is 2.14 bits per heavy atom. The van der Waals surface area contributed by atoms with Crippen LogP contribution >= 0.6 is 0 Å². The molecule has 1 atom stereocenters. The fraction of sp³-hybridized carbons (Fsp3) is 0.368. The third-order valence-corrected chi connectivity index (χ3v) is 4.59. The van der Waals surface area contributed by atoms with Gasteiger partial charge in [-0.1, -0.05) is 0 Å². The normalized spacial score (nSPS) is 15.4. The number of aromatic amines is 1. The SMILES string of the molecule is CN(C)C(=O)c1ccc2c(c1)N(C)[C@@H](CC(=O)NCc1cc(=O)[nH]cn1)CO2. The average molecular weight is 385 g/mol. The monoisotopic (exact) mass is 385 g/mol. The number of carbonyl (C=O) groups is 2. The van der Waals surface area contributed by atoms with Crippen LogP contribution < -0.4 is 20.5 Å². The van der Waals surface area contributed by atoms with Gasteiger partial charge in [0.2, 0.25) is 5.91 Å². The first kappa shape index (κ1) is 19.4. The van der Waals surface area contributed by atoms with E-state index < -0.39 is 0 Å². The summed E-state index contributed by atoms with van der Waals surface area (Å²) in [7, 11) is 5.27. The molecule has 2 N–H and O–H groups in total. The number of fused-ring (bicyclic) bond motifs is 1. The van der Waals surface area contributed by atoms with E-state index in [-0.39, 0.29) is 36.4 Å². The van der Waals surface area contributed by atoms with Crippen LogP contribution in [0.5, 0.6) is 5.75 Å². The predicted molar refractivity (Wildman–Crippen MR) is 103 cm³/mol. The third kappa shape index (κ3) is 4.30. The number of rotatable bonds is 5. The van der Waals surface area contributed by atoms with Crippen molar-refractivity contribution in [1.82, 2.24) is 20.2 Å². The predicted octanol–water partition coefficient (Wildman–Crippen LogP) is 0.375. The molecule has 9 nitrogen and oxygen atoms in total. The van der Waals surface area contributed by atoms with Gasteiger partial charge in [0.05, 0.1) is 36.7 Å². The summed E-state index contributed by atoms with van der Waals surface area (Å²) in [6.45, 7) is 0.541. The molecule has 148 valence electrons. The fourth-order valence-corrected chi connectivity index (χ4v) is 2.98. The second-order valence-electron chi connectivity index (χ2n) is 6.84. The van der Waals surface area contributed by atoms with E-state index in [1.165, 1.54) is 17.3 Å². The van der Waals surface area contributed by atoms with Gasteiger partial charge in [-0.15, -0.1) is 0 Å². The van der Waals surface area contributed by atoms with E-state index in [1.807, 2.05) is 11.9 Å². The summed E-state index contributed by atoms with van der Waals surface area (Å²) in [5, 5.41) is 2.77. The Balaban J connectivity index is 1.65. The van der Waals surface area contributed by atoms with Gasteiger partial charge in [-0.2, -0.15) is 0 Å². The number of hydrogen-bond acceptors (Lipinski definition) is 6. The Labute approximate surface area is 162 Å². The first-order chi connectivity index (χ1) is 13.3. The summed E-state index contributed by atoms with van der Waals surface area (Å²) < 4.78 is 5.78. The molecule has 0 saturated carbocycles. The Morgan fingerprint density at radius 1 is 1.36 bits per heavy atom. The summed E-state index contributed by atoms with van der Waals surface area (Å²) in [5.41, 5.74) is 1.56. The number of likely N-dealkylation sites (N-methyl/N-ethyl adjacent to an activating group) is 1. The number of anilines is 1. The highest BCUT2D eigenvalue weighted by Gasteiger charge is 2.27. The summed E-state index contributed by atoms with van der Waals surface area (Å²) in [6, 6.07) is 6.45. The van der Waals surface area contributed by atoms with Crippen LogP contribution in [0.3, 0.4) is 0 Å². The minimum atomic E-state index is -0.264. The van der Waals surface area contributed by atoms with Gasteiger partial charge in [0.1, 0.15) is 12.4 Å². The molecule has 28 heavy (non-hydrogen) atoms. The third-order valence-electron chi connectivity index (χ3n) is 4.59. The standard InChI is InChI=1S/C19H23N5O4/c1-23(2)19(27)12-4-5-16-15(6-12)24(3)14(10-28-16)8-18(26)20-9-13-7-17(25)22-11-21-13/h4-7,11,14H,8-10H2,1-3H3,(H,20,26)(H,21,22,25)/t14-/m0/s1. The maximum absolute atomic E-state index is 12.3. The topological polar surface area (TPSA) is 108 Å². The van der Waals surface area contributed by atoms with E-state index in [1.54, 1.807) is 32.3 Å². The summed E-state index contributed by atoms with van der Waals surface area (Å²) in [4.78, 5) is 45.7. The van der Waals surface area contributed by atoms with Crippen LogP contribution in [0.4, 0.5) is 5.69 Å². The molecule has 0 radical (unpaired) electrons. The maximum Gasteiger partial charge on any atom is 0.253 e. The highest BCUT2D eigenvalue weighted by atomic mass is 16.5. The van der Waals surface area contributed by atoms with Crippen LogP contribution in [0.1, 0.15) is 22.5 Å². The zero-order valence-corrected chi connectivity index (χ0v) is 16.1. The Bertz CT molecular complexity index is 940. The molecule has 2 amide bonds. The molecule has 2 heterocycles. The number of H-pyrrole nitrogens is 1. The van der Waals surface area contributed by atoms with Crippen LogP contribution in [0.2, 0.25) is 0 Å². The highest BCUT2D eigenvalue weighted by Crippen LogP contribution is 2.34. The zero-order valence-electron chi connectivity index (χ0n) is 16.1. The van der Waals surface area contributed by atoms with Crippen LogP contribution in [-0.2, 0) is 11.3 Å². The number of amides is 2. The molecule has 3 rings (SSSR count). The summed E-state index contributed by atoms with van der Waals surface area (Å²) in [5.74, 6) is 0.412. The van der Waals surface area contributed by atoms with Gasteiger partial charge in [0.15, 0.2) is 0 Å². The van der Waals surface area contributed by atoms with Crippen molar-refractivity contribution in [2.75, 3.05) is 32.6 Å². The number of benzene rings is 1. The van der Waals surface area contributed by atoms with E-state index in [0.29, 0.717) is 23.6 Å². The minimum Gasteiger partial charge on any atom is -0.489 e. The van der Waals surface area contributed by atoms with E-state index in [9.17, 15) is 14.4 Å². The molecular weight excluding hydrogens is 362 g/mol. The second-order valence-corrected chi connectivity index (χ2v) is 6.84. The largest absolute Gasteiger partial charge is 0.489 e. The van der Waals surface area contributed by atoms with Crippen molar-refractivity contribution in [2.24, 2.45) is 0 Å². The van der Waals surface area contributed by atoms with Crippen molar-refractivity contribution in [3.05, 3.63) is 52.2 Å². The van der Waals surface area contributed by atoms with Gasteiger partial charge in [0, 0.05) is 32.8 Å². The molecule has 9 heteroatoms. The van der Waals surface area contributed by atoms with Crippen LogP contribution in [0.25, 0.3) is 0 Å². The second kappa shape index (κ2) is 8.12. The molecule has 1 aliphatic heterocycles. The van der Waals surface area contributed by atoms with Crippen molar-refractivity contribution in [3.8, 4) is 5.75 Å². The van der Waals surface area contributed by atoms with Gasteiger partial charge in [-0.25, -0.2) is 4.98 Å². The van der Waals surface area contributed by atoms with Gasteiger partial charge in [-0.05, 0) is 18.2 Å². The van der Waals surface area contributed by atoms with Crippen molar-refractivity contribution in [2.45, 2.75) is 19.0 Å². The molecule has 0 unspecified atom stereocenters. The fourth-order valence-electron chi connectivity index (χ4n) is 2.98. The van der Waals surface area contributed by atoms with Gasteiger partial charge in [0.25, 0.3) is 11.5 Å². The number of hydrogen-bond donors (Lipinski definition) is 2. The number of carbonyl (C=O) groups excluding carboxylic acids is 2. The number of ether oxygens (including phenoxy) is 1. The lowest BCUT2D eigenvalue weighted by molar-refractivity contribution is -0.121. The molecule has 0 fully saturated rings. The van der Waals surface area contributed by atoms with Crippen LogP contribution in [0.15, 0.2) is 35.4 Å². The summed E-state index contributed by atoms with van der Waals surface area (Å²) >= 11 is 0. The molecule has 1 aliphatic rings. The lowest BCUT2D eigenvalue weighted by atomic mass is 10.1. The first-order valence-electron chi connectivity index (χ1n) is 8.87. The molecule has 1 aromatic heterocycles. The molecule has 2 aromatic rings. The lowest BCUT2D eigenvalue weighted by Crippen LogP contribution is -2.43. The van der Waals surface area contributed by atoms with Crippen molar-refractivity contribution >= 4 is 17.5 Å². The molecule has 0 saturated heterocycles. The van der Waals surface area contributed by atoms with Crippen molar-refractivity contribution in [1.29, 1.82) is 0 Å². The highest BCUT2D eigenvalue weighted by molar-refractivity contribution is 5.95. The Hall–Kier alpha value is -3.36. The van der Waals surface area contributed by atoms with E-state index in [4.69, 9.17) is 4.74 Å². The molecule has 0 spiro atoms. The van der Waals surface area contributed by atoms with Crippen LogP contribution in [-0.4, -0.2) is 60.5 Å². The first-order valence-corrected chi connectivity index (χ1v) is 8.87. The van der Waals surface area contributed by atoms with E-state index in [0.717, 1.165) is 5.69 Å². The van der Waals surface area contributed by atoms with Gasteiger partial charge >= 0.3 is 0 Å². The van der Waals surface area contributed by atoms with Crippen molar-refractivity contribution < 1.29 is 14.3 Å².